The summed E-state index contributed by atoms with van der Waals surface area (Å²) < 4.78 is 13.0. The Balaban J connectivity index is 0.00000144. The average Bonchev–Trinajstić information content (AvgIpc) is 2.62. The second kappa shape index (κ2) is 4.70. The van der Waals surface area contributed by atoms with Crippen LogP contribution in [0.5, 0.6) is 0 Å². The molecule has 0 aliphatic heterocycles. The van der Waals surface area contributed by atoms with Gasteiger partial charge >= 0.3 is 51.4 Å². The monoisotopic (exact) mass is 211 g/mol. The maximum absolute atomic E-state index is 13.0. The first kappa shape index (κ1) is 14.0. The molecule has 0 atom stereocenters. The van der Waals surface area contributed by atoms with Crippen LogP contribution < -0.4 is 56.7 Å². The van der Waals surface area contributed by atoms with Crippen molar-refractivity contribution in [1.82, 2.24) is 5.32 Å². The van der Waals surface area contributed by atoms with Crippen molar-refractivity contribution in [2.45, 2.75) is 39.3 Å². The molecule has 0 radical (unpaired) electrons. The zero-order valence-corrected chi connectivity index (χ0v) is 11.9. The smallest absolute Gasteiger partial charge is 0.502 e. The van der Waals surface area contributed by atoms with Crippen molar-refractivity contribution in [3.05, 3.63) is 6.54 Å². The first-order valence-corrected chi connectivity index (χ1v) is 4.18. The molecular weight excluding hydrogens is 196 g/mol. The van der Waals surface area contributed by atoms with Gasteiger partial charge in [-0.15, -0.1) is 5.41 Å². The normalized spacial score (nSPS) is 18.8. The van der Waals surface area contributed by atoms with Gasteiger partial charge in [-0.2, -0.15) is 0 Å². The Morgan fingerprint density at radius 1 is 1.46 bits per heavy atom. The van der Waals surface area contributed by atoms with Crippen LogP contribution in [0.25, 0.3) is 0 Å². The largest absolute Gasteiger partial charge is 1.00 e. The molecule has 1 saturated carbocycles. The predicted octanol–water partition coefficient (Wildman–Crippen LogP) is -1.18. The third kappa shape index (κ3) is 4.88. The van der Waals surface area contributed by atoms with E-state index >= 15 is 0 Å². The Hall–Kier alpha value is 1.04. The second-order valence-electron chi connectivity index (χ2n) is 4.45. The molecule has 1 fully saturated rings. The molecule has 1 aliphatic rings. The molecule has 0 aromatic heterocycles. The van der Waals surface area contributed by atoms with Crippen molar-refractivity contribution < 1.29 is 60.6 Å². The van der Waals surface area contributed by atoms with Crippen molar-refractivity contribution in [3.63, 3.8) is 0 Å². The van der Waals surface area contributed by atoms with E-state index in [0.717, 1.165) is 0 Å². The fraction of sp³-hybridized carbons (Fsp3) is 0.778. The number of rotatable bonds is 2. The Bertz CT molecular complexity index is 196. The predicted molar refractivity (Wildman–Crippen MR) is 45.0 cm³/mol. The zero-order chi connectivity index (χ0) is 9.41. The molecule has 0 unspecified atom stereocenters. The van der Waals surface area contributed by atoms with Crippen molar-refractivity contribution in [2.24, 2.45) is 5.41 Å². The van der Waals surface area contributed by atoms with Gasteiger partial charge in [0.25, 0.3) is 0 Å². The minimum absolute atomic E-state index is 0. The van der Waals surface area contributed by atoms with E-state index in [1.807, 2.05) is 20.8 Å². The van der Waals surface area contributed by atoms with Gasteiger partial charge in [-0.1, -0.05) is 20.8 Å². The molecule has 1 rings (SSSR count). The van der Waals surface area contributed by atoms with Crippen LogP contribution in [0.3, 0.4) is 0 Å². The molecule has 2 nitrogen and oxygen atoms in total. The number of halogens is 1. The quantitative estimate of drug-likeness (QED) is 0.452. The number of carbonyl (C=O) groups is 1. The molecule has 1 N–H and O–H groups in total. The van der Waals surface area contributed by atoms with Crippen LogP contribution in [0.15, 0.2) is 0 Å². The number of amides is 1. The topological polar surface area (TPSA) is 29.1 Å². The Morgan fingerprint density at radius 3 is 2.23 bits per heavy atom. The zero-order valence-electron chi connectivity index (χ0n) is 8.78. The maximum Gasteiger partial charge on any atom is 1.00 e. The van der Waals surface area contributed by atoms with E-state index in [2.05, 4.69) is 5.32 Å². The first-order valence-electron chi connectivity index (χ1n) is 4.18. The molecule has 1 amide bonds. The van der Waals surface area contributed by atoms with Crippen LogP contribution in [-0.2, 0) is 4.79 Å². The molecule has 1 aliphatic carbocycles. The van der Waals surface area contributed by atoms with E-state index in [1.54, 1.807) is 6.54 Å². The molecule has 0 bridgehead atoms. The third-order valence-corrected chi connectivity index (χ3v) is 1.73. The van der Waals surface area contributed by atoms with Crippen LogP contribution >= 0.6 is 0 Å². The maximum atomic E-state index is 13.0. The fourth-order valence-electron chi connectivity index (χ4n) is 0.748. The summed E-state index contributed by atoms with van der Waals surface area (Å²) in [5.74, 6) is -0.488. The van der Waals surface area contributed by atoms with Crippen molar-refractivity contribution >= 4 is 5.91 Å². The SMILES string of the molecule is CC(C)(C)[CH-]NC(=O)C1(F)CC1.[K+]. The number of hydrogen-bond acceptors (Lipinski definition) is 1. The Morgan fingerprint density at radius 2 is 1.92 bits per heavy atom. The molecule has 0 heterocycles. The third-order valence-electron chi connectivity index (χ3n) is 1.73. The van der Waals surface area contributed by atoms with Crippen LogP contribution in [0, 0.1) is 12.0 Å². The van der Waals surface area contributed by atoms with Gasteiger partial charge in [0, 0.05) is 0 Å². The minimum Gasteiger partial charge on any atom is -0.502 e. The summed E-state index contributed by atoms with van der Waals surface area (Å²) in [6, 6.07) is 0. The van der Waals surface area contributed by atoms with E-state index in [0.29, 0.717) is 12.8 Å². The van der Waals surface area contributed by atoms with Gasteiger partial charge in [-0.3, -0.25) is 4.79 Å². The number of carbonyl (C=O) groups excluding carboxylic acids is 1. The summed E-state index contributed by atoms with van der Waals surface area (Å²) in [5, 5.41) is 2.49. The van der Waals surface area contributed by atoms with Crippen molar-refractivity contribution in [3.8, 4) is 0 Å². The molecule has 4 heteroatoms. The minimum atomic E-state index is -1.55. The summed E-state index contributed by atoms with van der Waals surface area (Å²) in [7, 11) is 0. The number of alkyl halides is 1. The van der Waals surface area contributed by atoms with Gasteiger partial charge in [0.05, 0.1) is 0 Å². The molecule has 0 aromatic rings. The standard InChI is InChI=1S/C9H15FNO.K/c1-8(2,3)6-11-7(12)9(10)4-5-9;/h6H,4-5H2,1-3H3,(H,11,12);/q-1;+1. The van der Waals surface area contributed by atoms with E-state index in [4.69, 9.17) is 0 Å². The molecular formula is C9H15FKNO. The molecule has 0 spiro atoms. The molecule has 70 valence electrons. The summed E-state index contributed by atoms with van der Waals surface area (Å²) in [6.07, 6.45) is 0.744. The van der Waals surface area contributed by atoms with Crippen LogP contribution in [0.2, 0.25) is 0 Å². The molecule has 0 saturated heterocycles. The van der Waals surface area contributed by atoms with Crippen LogP contribution in [0.4, 0.5) is 4.39 Å². The van der Waals surface area contributed by atoms with E-state index < -0.39 is 11.6 Å². The Kier molecular flexibility index (Phi) is 5.08. The van der Waals surface area contributed by atoms with Gasteiger partial charge in [-0.25, -0.2) is 10.9 Å². The molecule has 13 heavy (non-hydrogen) atoms. The van der Waals surface area contributed by atoms with Gasteiger partial charge in [-0.05, 0) is 12.8 Å². The van der Waals surface area contributed by atoms with Crippen molar-refractivity contribution in [2.75, 3.05) is 0 Å². The van der Waals surface area contributed by atoms with Crippen LogP contribution in [0.1, 0.15) is 33.6 Å². The molecule has 0 aromatic carbocycles. The summed E-state index contributed by atoms with van der Waals surface area (Å²) >= 11 is 0. The Labute approximate surface area is 121 Å². The summed E-state index contributed by atoms with van der Waals surface area (Å²) in [4.78, 5) is 11.1. The number of hydrogen-bond donors (Lipinski definition) is 1. The average molecular weight is 211 g/mol. The van der Waals surface area contributed by atoms with Gasteiger partial charge in [0.1, 0.15) is 0 Å². The van der Waals surface area contributed by atoms with Crippen LogP contribution in [-0.4, -0.2) is 11.6 Å². The second-order valence-corrected chi connectivity index (χ2v) is 4.45. The van der Waals surface area contributed by atoms with E-state index in [1.165, 1.54) is 0 Å². The number of nitrogens with one attached hydrogen (secondary N) is 1. The van der Waals surface area contributed by atoms with Crippen molar-refractivity contribution in [1.29, 1.82) is 0 Å². The van der Waals surface area contributed by atoms with Gasteiger partial charge < -0.3 is 5.32 Å². The van der Waals surface area contributed by atoms with E-state index in [9.17, 15) is 9.18 Å². The fourth-order valence-corrected chi connectivity index (χ4v) is 0.748. The first-order chi connectivity index (χ1) is 5.33. The summed E-state index contributed by atoms with van der Waals surface area (Å²) in [6.45, 7) is 7.48. The van der Waals surface area contributed by atoms with E-state index in [-0.39, 0.29) is 56.8 Å². The van der Waals surface area contributed by atoms with Gasteiger partial charge in [0.15, 0.2) is 5.67 Å². The van der Waals surface area contributed by atoms with Gasteiger partial charge in [0.2, 0.25) is 5.91 Å². The summed E-state index contributed by atoms with van der Waals surface area (Å²) in [5.41, 5.74) is -1.65.